The van der Waals surface area contributed by atoms with Gasteiger partial charge in [0.25, 0.3) is 0 Å². The van der Waals surface area contributed by atoms with E-state index in [0.29, 0.717) is 11.8 Å². The number of hydrogen-bond donors (Lipinski definition) is 1. The summed E-state index contributed by atoms with van der Waals surface area (Å²) in [5, 5.41) is 12.5. The summed E-state index contributed by atoms with van der Waals surface area (Å²) in [5.41, 5.74) is -1.50. The monoisotopic (exact) mass is 306 g/mol. The van der Waals surface area contributed by atoms with Gasteiger partial charge in [-0.1, -0.05) is 5.16 Å². The maximum Gasteiger partial charge on any atom is 0.341 e. The van der Waals surface area contributed by atoms with Crippen LogP contribution in [0.5, 0.6) is 0 Å². The van der Waals surface area contributed by atoms with Crippen molar-refractivity contribution in [1.82, 2.24) is 9.72 Å². The van der Waals surface area contributed by atoms with Gasteiger partial charge in [-0.15, -0.1) is 0 Å². The number of aryl methyl sites for hydroxylation is 1. The number of benzene rings is 1. The van der Waals surface area contributed by atoms with Crippen LogP contribution in [0.25, 0.3) is 16.7 Å². The van der Waals surface area contributed by atoms with E-state index in [2.05, 4.69) is 5.16 Å². The number of halogens is 2. The molecule has 0 amide bonds. The fourth-order valence-corrected chi connectivity index (χ4v) is 2.13. The maximum atomic E-state index is 13.5. The van der Waals surface area contributed by atoms with Crippen LogP contribution in [-0.4, -0.2) is 20.8 Å². The standard InChI is InChI=1S/C14H8F2N2O4/c1-6-2-12(17-22-6)18-5-8(14(20)21)13(19)7-3-9(15)10(16)4-11(7)18/h2-5H,1H3,(H,20,21). The molecule has 0 aliphatic heterocycles. The summed E-state index contributed by atoms with van der Waals surface area (Å²) in [6.45, 7) is 1.61. The molecule has 2 heterocycles. The largest absolute Gasteiger partial charge is 0.477 e. The number of carbonyl (C=O) groups is 1. The van der Waals surface area contributed by atoms with Gasteiger partial charge in [-0.05, 0) is 13.0 Å². The van der Waals surface area contributed by atoms with Crippen LogP contribution in [0.4, 0.5) is 8.78 Å². The van der Waals surface area contributed by atoms with Crippen molar-refractivity contribution in [1.29, 1.82) is 0 Å². The third-order valence-electron chi connectivity index (χ3n) is 3.14. The summed E-state index contributed by atoms with van der Waals surface area (Å²) >= 11 is 0. The van der Waals surface area contributed by atoms with Crippen molar-refractivity contribution in [3.05, 3.63) is 57.6 Å². The van der Waals surface area contributed by atoms with Gasteiger partial charge in [0.15, 0.2) is 17.5 Å². The summed E-state index contributed by atoms with van der Waals surface area (Å²) in [5.74, 6) is -3.30. The second-order valence-corrected chi connectivity index (χ2v) is 4.63. The van der Waals surface area contributed by atoms with E-state index in [1.54, 1.807) is 6.92 Å². The summed E-state index contributed by atoms with van der Waals surface area (Å²) in [6, 6.07) is 2.95. The molecule has 0 atom stereocenters. The number of carboxylic acids is 1. The molecular weight excluding hydrogens is 298 g/mol. The molecule has 2 aromatic heterocycles. The molecule has 0 radical (unpaired) electrons. The van der Waals surface area contributed by atoms with Gasteiger partial charge in [0.05, 0.1) is 10.9 Å². The van der Waals surface area contributed by atoms with Crippen LogP contribution in [0.1, 0.15) is 16.1 Å². The van der Waals surface area contributed by atoms with Crippen molar-refractivity contribution in [2.75, 3.05) is 0 Å². The molecule has 8 heteroatoms. The van der Waals surface area contributed by atoms with Gasteiger partial charge in [0.2, 0.25) is 5.43 Å². The molecule has 0 unspecified atom stereocenters. The van der Waals surface area contributed by atoms with Crippen LogP contribution in [0.3, 0.4) is 0 Å². The van der Waals surface area contributed by atoms with E-state index >= 15 is 0 Å². The summed E-state index contributed by atoms with van der Waals surface area (Å²) < 4.78 is 32.9. The molecule has 0 saturated carbocycles. The lowest BCUT2D eigenvalue weighted by Crippen LogP contribution is -2.19. The van der Waals surface area contributed by atoms with E-state index in [9.17, 15) is 18.4 Å². The Balaban J connectivity index is 2.49. The Labute approximate surface area is 121 Å². The number of hydrogen-bond acceptors (Lipinski definition) is 4. The Bertz CT molecular complexity index is 975. The Morgan fingerprint density at radius 1 is 1.27 bits per heavy atom. The number of nitrogens with zero attached hydrogens (tertiary/aromatic N) is 2. The van der Waals surface area contributed by atoms with E-state index in [0.717, 1.165) is 12.3 Å². The van der Waals surface area contributed by atoms with Crippen LogP contribution in [0.15, 0.2) is 33.7 Å². The lowest BCUT2D eigenvalue weighted by atomic mass is 10.1. The molecule has 3 aromatic rings. The lowest BCUT2D eigenvalue weighted by molar-refractivity contribution is 0.0695. The fourth-order valence-electron chi connectivity index (χ4n) is 2.13. The van der Waals surface area contributed by atoms with Gasteiger partial charge >= 0.3 is 5.97 Å². The Morgan fingerprint density at radius 2 is 1.95 bits per heavy atom. The SMILES string of the molecule is Cc1cc(-n2cc(C(=O)O)c(=O)c3cc(F)c(F)cc32)no1. The predicted octanol–water partition coefficient (Wildman–Crippen LogP) is 2.26. The molecule has 112 valence electrons. The van der Waals surface area contributed by atoms with Crippen molar-refractivity contribution in [2.45, 2.75) is 6.92 Å². The first kappa shape index (κ1) is 13.9. The normalized spacial score (nSPS) is 11.0. The molecule has 0 aliphatic rings. The van der Waals surface area contributed by atoms with Gasteiger partial charge in [0, 0.05) is 18.3 Å². The van der Waals surface area contributed by atoms with Crippen molar-refractivity contribution in [3.63, 3.8) is 0 Å². The maximum absolute atomic E-state index is 13.5. The van der Waals surface area contributed by atoms with E-state index in [1.165, 1.54) is 10.6 Å². The minimum Gasteiger partial charge on any atom is -0.477 e. The molecule has 3 rings (SSSR count). The summed E-state index contributed by atoms with van der Waals surface area (Å²) in [4.78, 5) is 23.3. The number of carboxylic acid groups (broad SMARTS) is 1. The zero-order valence-electron chi connectivity index (χ0n) is 11.1. The highest BCUT2D eigenvalue weighted by molar-refractivity contribution is 5.93. The number of fused-ring (bicyclic) bond motifs is 1. The van der Waals surface area contributed by atoms with Gasteiger partial charge in [-0.3, -0.25) is 9.36 Å². The molecule has 0 fully saturated rings. The van der Waals surface area contributed by atoms with Crippen LogP contribution >= 0.6 is 0 Å². The van der Waals surface area contributed by atoms with Gasteiger partial charge in [-0.25, -0.2) is 13.6 Å². The Morgan fingerprint density at radius 3 is 2.55 bits per heavy atom. The quantitative estimate of drug-likeness (QED) is 0.785. The van der Waals surface area contributed by atoms with E-state index in [-0.39, 0.29) is 16.7 Å². The molecule has 0 aliphatic carbocycles. The third kappa shape index (κ3) is 2.05. The van der Waals surface area contributed by atoms with E-state index < -0.39 is 28.6 Å². The number of pyridine rings is 1. The molecule has 22 heavy (non-hydrogen) atoms. The van der Waals surface area contributed by atoms with Gasteiger partial charge in [0.1, 0.15) is 11.3 Å². The van der Waals surface area contributed by atoms with Crippen molar-refractivity contribution in [2.24, 2.45) is 0 Å². The molecule has 0 saturated heterocycles. The number of aromatic carboxylic acids is 1. The average molecular weight is 306 g/mol. The third-order valence-corrected chi connectivity index (χ3v) is 3.14. The minimum absolute atomic E-state index is 0.0119. The second kappa shape index (κ2) is 4.76. The first-order valence-electron chi connectivity index (χ1n) is 6.10. The van der Waals surface area contributed by atoms with Crippen molar-refractivity contribution < 1.29 is 23.2 Å². The van der Waals surface area contributed by atoms with Crippen molar-refractivity contribution >= 4 is 16.9 Å². The zero-order valence-corrected chi connectivity index (χ0v) is 11.1. The summed E-state index contributed by atoms with van der Waals surface area (Å²) in [7, 11) is 0. The first-order chi connectivity index (χ1) is 10.4. The number of aromatic nitrogens is 2. The Kier molecular flexibility index (Phi) is 3.01. The first-order valence-corrected chi connectivity index (χ1v) is 6.10. The van der Waals surface area contributed by atoms with E-state index in [4.69, 9.17) is 9.63 Å². The number of rotatable bonds is 2. The predicted molar refractivity (Wildman–Crippen MR) is 71.2 cm³/mol. The molecule has 6 nitrogen and oxygen atoms in total. The Hall–Kier alpha value is -3.03. The van der Waals surface area contributed by atoms with Crippen LogP contribution in [0.2, 0.25) is 0 Å². The van der Waals surface area contributed by atoms with Gasteiger partial charge in [-0.2, -0.15) is 0 Å². The van der Waals surface area contributed by atoms with Crippen LogP contribution in [0, 0.1) is 18.6 Å². The highest BCUT2D eigenvalue weighted by Gasteiger charge is 2.18. The molecule has 0 spiro atoms. The second-order valence-electron chi connectivity index (χ2n) is 4.63. The lowest BCUT2D eigenvalue weighted by Gasteiger charge is -2.09. The topological polar surface area (TPSA) is 85.3 Å². The smallest absolute Gasteiger partial charge is 0.341 e. The van der Waals surface area contributed by atoms with E-state index in [1.807, 2.05) is 0 Å². The highest BCUT2D eigenvalue weighted by Crippen LogP contribution is 2.20. The molecule has 0 bridgehead atoms. The fraction of sp³-hybridized carbons (Fsp3) is 0.0714. The van der Waals surface area contributed by atoms with Crippen LogP contribution < -0.4 is 5.43 Å². The van der Waals surface area contributed by atoms with Crippen LogP contribution in [-0.2, 0) is 0 Å². The van der Waals surface area contributed by atoms with Gasteiger partial charge < -0.3 is 9.63 Å². The molecule has 1 N–H and O–H groups in total. The molecular formula is C14H8F2N2O4. The molecule has 1 aromatic carbocycles. The highest BCUT2D eigenvalue weighted by atomic mass is 19.2. The van der Waals surface area contributed by atoms with Crippen molar-refractivity contribution in [3.8, 4) is 5.82 Å². The average Bonchev–Trinajstić information content (AvgIpc) is 2.87. The summed E-state index contributed by atoms with van der Waals surface area (Å²) in [6.07, 6.45) is 1.00. The minimum atomic E-state index is -1.48. The zero-order chi connectivity index (χ0) is 16.0.